The van der Waals surface area contributed by atoms with Crippen LogP contribution in [0.25, 0.3) is 0 Å². The molecule has 1 saturated carbocycles. The molecule has 0 aromatic carbocycles. The van der Waals surface area contributed by atoms with Gasteiger partial charge >= 0.3 is 5.66 Å². The molecular weight excluding hydrogens is 348 g/mol. The Labute approximate surface area is 149 Å². The van der Waals surface area contributed by atoms with Gasteiger partial charge in [-0.15, -0.1) is 0 Å². The van der Waals surface area contributed by atoms with Crippen LogP contribution in [0.5, 0.6) is 0 Å². The quantitative estimate of drug-likeness (QED) is 0.328. The standard InChI is InChI=1S/C14H23N6O6/c1-13(2)24-8-14(9-25-13,20(22)23)19(21)16-12-11(17-26-18-12)15-10-6-4-3-5-7-10/h10H,3-9H2,1-2H3,(H,15,17)(H,16,18,21)/q+1. The molecule has 0 atom stereocenters. The van der Waals surface area contributed by atoms with E-state index < -0.39 is 29.6 Å². The Morgan fingerprint density at radius 2 is 1.69 bits per heavy atom. The van der Waals surface area contributed by atoms with Crippen LogP contribution in [0.15, 0.2) is 4.63 Å². The maximum absolute atomic E-state index is 12.6. The number of ether oxygens (including phenoxy) is 2. The Morgan fingerprint density at radius 1 is 1.08 bits per heavy atom. The molecule has 0 radical (unpaired) electrons. The second-order valence-electron chi connectivity index (χ2n) is 7.06. The van der Waals surface area contributed by atoms with Crippen LogP contribution in [0, 0.1) is 15.0 Å². The van der Waals surface area contributed by atoms with E-state index in [4.69, 9.17) is 9.47 Å². The lowest BCUT2D eigenvalue weighted by Gasteiger charge is -2.32. The van der Waals surface area contributed by atoms with Crippen molar-refractivity contribution in [3.05, 3.63) is 15.0 Å². The zero-order valence-electron chi connectivity index (χ0n) is 14.8. The minimum atomic E-state index is -2.14. The first-order chi connectivity index (χ1) is 12.3. The highest BCUT2D eigenvalue weighted by atomic mass is 16.7. The molecule has 1 aliphatic carbocycles. The largest absolute Gasteiger partial charge is 0.522 e. The Balaban J connectivity index is 1.70. The number of nitrogens with zero attached hydrogens (tertiary/aromatic N) is 4. The molecular formula is C14H23N6O6+. The van der Waals surface area contributed by atoms with Crippen LogP contribution in [0.2, 0.25) is 0 Å². The Morgan fingerprint density at radius 3 is 2.31 bits per heavy atom. The number of anilines is 2. The van der Waals surface area contributed by atoms with E-state index in [9.17, 15) is 15.0 Å². The molecule has 3 rings (SSSR count). The number of aromatic nitrogens is 2. The van der Waals surface area contributed by atoms with E-state index in [-0.39, 0.29) is 22.5 Å². The number of hydrogen-bond donors (Lipinski definition) is 2. The number of rotatable bonds is 6. The van der Waals surface area contributed by atoms with Crippen molar-refractivity contribution in [1.29, 1.82) is 0 Å². The second-order valence-corrected chi connectivity index (χ2v) is 7.06. The van der Waals surface area contributed by atoms with Crippen molar-refractivity contribution in [3.63, 3.8) is 0 Å². The van der Waals surface area contributed by atoms with E-state index in [1.807, 2.05) is 0 Å². The van der Waals surface area contributed by atoms with Gasteiger partial charge in [-0.1, -0.05) is 24.7 Å². The fourth-order valence-electron chi connectivity index (χ4n) is 2.96. The summed E-state index contributed by atoms with van der Waals surface area (Å²) < 4.78 is 15.3. The van der Waals surface area contributed by atoms with Gasteiger partial charge in [0.2, 0.25) is 10.7 Å². The summed E-state index contributed by atoms with van der Waals surface area (Å²) in [6, 6.07) is 0.197. The molecule has 1 aromatic rings. The Kier molecular flexibility index (Phi) is 5.05. The third-order valence-corrected chi connectivity index (χ3v) is 4.66. The van der Waals surface area contributed by atoms with Gasteiger partial charge < -0.3 is 14.8 Å². The second kappa shape index (κ2) is 7.11. The maximum atomic E-state index is 12.6. The van der Waals surface area contributed by atoms with Crippen molar-refractivity contribution < 1.29 is 23.9 Å². The molecule has 0 amide bonds. The number of hydrazine groups is 1. The molecule has 2 heterocycles. The van der Waals surface area contributed by atoms with E-state index in [1.54, 1.807) is 13.8 Å². The molecule has 26 heavy (non-hydrogen) atoms. The zero-order chi connectivity index (χ0) is 18.8. The van der Waals surface area contributed by atoms with Crippen LogP contribution in [0.3, 0.4) is 0 Å². The molecule has 12 heteroatoms. The lowest BCUT2D eigenvalue weighted by atomic mass is 9.95. The summed E-state index contributed by atoms with van der Waals surface area (Å²) in [7, 11) is 0. The first-order valence-corrected chi connectivity index (χ1v) is 8.58. The van der Waals surface area contributed by atoms with Gasteiger partial charge in [0.25, 0.3) is 5.82 Å². The predicted molar refractivity (Wildman–Crippen MR) is 87.8 cm³/mol. The molecule has 0 bridgehead atoms. The average molecular weight is 371 g/mol. The summed E-state index contributed by atoms with van der Waals surface area (Å²) in [6.45, 7) is 2.35. The zero-order valence-corrected chi connectivity index (χ0v) is 14.8. The maximum Gasteiger partial charge on any atom is 0.522 e. The molecule has 144 valence electrons. The summed E-state index contributed by atoms with van der Waals surface area (Å²) >= 11 is 0. The van der Waals surface area contributed by atoms with Crippen LogP contribution in [0.1, 0.15) is 46.0 Å². The SMILES string of the molecule is CC1(C)OCC([N+](=O)[O-])([N+](=O)Nc2nonc2NC2CCCCC2)CO1. The minimum Gasteiger partial charge on any atom is -0.361 e. The molecule has 1 saturated heterocycles. The first kappa shape index (κ1) is 18.5. The van der Waals surface area contributed by atoms with Crippen LogP contribution < -0.4 is 10.7 Å². The normalized spacial score (nSPS) is 22.5. The molecule has 0 unspecified atom stereocenters. The van der Waals surface area contributed by atoms with Crippen molar-refractivity contribution in [2.24, 2.45) is 0 Å². The molecule has 2 N–H and O–H groups in total. The highest BCUT2D eigenvalue weighted by molar-refractivity contribution is 5.56. The average Bonchev–Trinajstić information content (AvgIpc) is 3.02. The third kappa shape index (κ3) is 3.75. The van der Waals surface area contributed by atoms with Crippen molar-refractivity contribution in [3.8, 4) is 0 Å². The summed E-state index contributed by atoms with van der Waals surface area (Å²) in [5, 5.41) is 22.1. The first-order valence-electron chi connectivity index (χ1n) is 8.58. The summed E-state index contributed by atoms with van der Waals surface area (Å²) in [5.74, 6) is -0.769. The highest BCUT2D eigenvalue weighted by Crippen LogP contribution is 2.28. The molecule has 1 aromatic heterocycles. The van der Waals surface area contributed by atoms with Crippen molar-refractivity contribution in [1.82, 2.24) is 10.3 Å². The van der Waals surface area contributed by atoms with E-state index in [2.05, 4.69) is 25.7 Å². The van der Waals surface area contributed by atoms with Crippen LogP contribution in [-0.2, 0) is 9.47 Å². The number of nitroso groups, excluding NO2 is 1. The number of hydrogen-bond acceptors (Lipinski definition) is 9. The van der Waals surface area contributed by atoms with E-state index in [1.165, 1.54) is 6.42 Å². The van der Waals surface area contributed by atoms with Gasteiger partial charge in [-0.2, -0.15) is 0 Å². The van der Waals surface area contributed by atoms with Crippen LogP contribution >= 0.6 is 0 Å². The molecule has 1 aliphatic heterocycles. The van der Waals surface area contributed by atoms with E-state index in [0.717, 1.165) is 25.7 Å². The van der Waals surface area contributed by atoms with Crippen LogP contribution in [-0.4, -0.2) is 50.8 Å². The smallest absolute Gasteiger partial charge is 0.361 e. The highest BCUT2D eigenvalue weighted by Gasteiger charge is 2.65. The van der Waals surface area contributed by atoms with E-state index >= 15 is 0 Å². The van der Waals surface area contributed by atoms with E-state index in [0.29, 0.717) is 0 Å². The fraction of sp³-hybridized carbons (Fsp3) is 0.857. The van der Waals surface area contributed by atoms with Gasteiger partial charge in [0.1, 0.15) is 4.92 Å². The minimum absolute atomic E-state index is 0.0170. The van der Waals surface area contributed by atoms with Gasteiger partial charge in [-0.3, -0.25) is 10.1 Å². The predicted octanol–water partition coefficient (Wildman–Crippen LogP) is 1.68. The summed E-state index contributed by atoms with van der Waals surface area (Å²) in [6.07, 6.45) is 5.35. The van der Waals surface area contributed by atoms with Gasteiger partial charge in [0.05, 0.1) is 4.91 Å². The number of nitro groups is 1. The van der Waals surface area contributed by atoms with Crippen molar-refractivity contribution in [2.75, 3.05) is 24.0 Å². The van der Waals surface area contributed by atoms with Gasteiger partial charge in [0.15, 0.2) is 19.0 Å². The lowest BCUT2D eigenvalue weighted by molar-refractivity contribution is -0.823. The molecule has 0 spiro atoms. The Hall–Kier alpha value is -2.34. The Bertz CT molecular complexity index is 661. The third-order valence-electron chi connectivity index (χ3n) is 4.66. The van der Waals surface area contributed by atoms with Crippen molar-refractivity contribution in [2.45, 2.75) is 63.4 Å². The summed E-state index contributed by atoms with van der Waals surface area (Å²) in [5.41, 5.74) is 0.203. The van der Waals surface area contributed by atoms with Gasteiger partial charge in [0, 0.05) is 6.04 Å². The van der Waals surface area contributed by atoms with Crippen LogP contribution in [0.4, 0.5) is 11.6 Å². The molecule has 12 nitrogen and oxygen atoms in total. The monoisotopic (exact) mass is 371 g/mol. The lowest BCUT2D eigenvalue weighted by Crippen LogP contribution is -2.62. The molecule has 2 aliphatic rings. The summed E-state index contributed by atoms with van der Waals surface area (Å²) in [4.78, 5) is 23.4. The topological polar surface area (TPSA) is 145 Å². The van der Waals surface area contributed by atoms with Gasteiger partial charge in [-0.25, -0.2) is 4.63 Å². The van der Waals surface area contributed by atoms with Gasteiger partial charge in [-0.05, 0) is 37.0 Å². The molecule has 2 fully saturated rings. The fourth-order valence-corrected chi connectivity index (χ4v) is 2.96. The van der Waals surface area contributed by atoms with Crippen molar-refractivity contribution >= 4 is 11.6 Å². The number of nitrogens with one attached hydrogen (secondary N) is 2.